The van der Waals surface area contributed by atoms with Crippen LogP contribution in [0.15, 0.2) is 47.7 Å². The Balaban J connectivity index is 1.72. The van der Waals surface area contributed by atoms with Crippen molar-refractivity contribution in [2.75, 3.05) is 5.43 Å². The third-order valence-corrected chi connectivity index (χ3v) is 4.55. The van der Waals surface area contributed by atoms with E-state index in [4.69, 9.17) is 11.6 Å². The minimum absolute atomic E-state index is 0.211. The predicted molar refractivity (Wildman–Crippen MR) is 103 cm³/mol. The van der Waals surface area contributed by atoms with Crippen LogP contribution in [0.3, 0.4) is 0 Å². The van der Waals surface area contributed by atoms with Gasteiger partial charge in [-0.2, -0.15) is 23.4 Å². The Bertz CT molecular complexity index is 994. The fourth-order valence-corrected chi connectivity index (χ4v) is 2.83. The van der Waals surface area contributed by atoms with Crippen molar-refractivity contribution in [3.63, 3.8) is 0 Å². The van der Waals surface area contributed by atoms with Crippen LogP contribution in [0, 0.1) is 13.8 Å². The van der Waals surface area contributed by atoms with Gasteiger partial charge < -0.3 is 0 Å². The Hall–Kier alpha value is -2.87. The molecule has 5 nitrogen and oxygen atoms in total. The van der Waals surface area contributed by atoms with Gasteiger partial charge in [0.05, 0.1) is 24.0 Å². The molecule has 0 aliphatic carbocycles. The minimum Gasteiger partial charge on any atom is -0.264 e. The number of aromatic nitrogens is 3. The van der Waals surface area contributed by atoms with Crippen LogP contribution in [-0.2, 0) is 12.7 Å². The van der Waals surface area contributed by atoms with Crippen LogP contribution in [-0.4, -0.2) is 21.0 Å². The second kappa shape index (κ2) is 8.02. The maximum Gasteiger partial charge on any atom is 0.417 e. The zero-order chi connectivity index (χ0) is 20.3. The summed E-state index contributed by atoms with van der Waals surface area (Å²) in [7, 11) is 0. The van der Waals surface area contributed by atoms with Gasteiger partial charge in [-0.05, 0) is 37.6 Å². The quantitative estimate of drug-likeness (QED) is 0.475. The second-order valence-corrected chi connectivity index (χ2v) is 6.54. The molecule has 3 aromatic rings. The van der Waals surface area contributed by atoms with Gasteiger partial charge in [-0.25, -0.2) is 4.98 Å². The smallest absolute Gasteiger partial charge is 0.264 e. The highest BCUT2D eigenvalue weighted by Crippen LogP contribution is 2.28. The highest BCUT2D eigenvalue weighted by Gasteiger charge is 2.30. The molecule has 146 valence electrons. The Morgan fingerprint density at radius 1 is 1.18 bits per heavy atom. The SMILES string of the molecule is Cc1nn(Cc2ccccc2Cl)c(C)c1/C=N\Nc1ccc(C(F)(F)F)cn1. The number of nitrogens with zero attached hydrogens (tertiary/aromatic N) is 4. The fourth-order valence-electron chi connectivity index (χ4n) is 2.63. The summed E-state index contributed by atoms with van der Waals surface area (Å²) in [5.74, 6) is 0.211. The summed E-state index contributed by atoms with van der Waals surface area (Å²) >= 11 is 6.21. The molecule has 0 fully saturated rings. The van der Waals surface area contributed by atoms with Crippen LogP contribution in [0.5, 0.6) is 0 Å². The number of hydrazone groups is 1. The molecule has 0 atom stereocenters. The molecule has 28 heavy (non-hydrogen) atoms. The van der Waals surface area contributed by atoms with Crippen molar-refractivity contribution >= 4 is 23.6 Å². The van der Waals surface area contributed by atoms with Crippen molar-refractivity contribution in [2.45, 2.75) is 26.6 Å². The number of benzene rings is 1. The number of hydrogen-bond donors (Lipinski definition) is 1. The van der Waals surface area contributed by atoms with E-state index in [0.717, 1.165) is 34.8 Å². The lowest BCUT2D eigenvalue weighted by molar-refractivity contribution is -0.137. The summed E-state index contributed by atoms with van der Waals surface area (Å²) in [6.45, 7) is 4.29. The van der Waals surface area contributed by atoms with Crippen LogP contribution in [0.25, 0.3) is 0 Å². The first-order chi connectivity index (χ1) is 13.3. The molecule has 0 amide bonds. The molecular weight excluding hydrogens is 391 g/mol. The number of halogens is 4. The van der Waals surface area contributed by atoms with Gasteiger partial charge in [-0.1, -0.05) is 29.8 Å². The van der Waals surface area contributed by atoms with E-state index in [2.05, 4.69) is 20.6 Å². The van der Waals surface area contributed by atoms with Crippen molar-refractivity contribution in [1.82, 2.24) is 14.8 Å². The molecule has 2 aromatic heterocycles. The van der Waals surface area contributed by atoms with Gasteiger partial charge in [-0.3, -0.25) is 10.1 Å². The third-order valence-electron chi connectivity index (χ3n) is 4.18. The number of anilines is 1. The minimum atomic E-state index is -4.42. The normalized spacial score (nSPS) is 11.9. The molecule has 1 aromatic carbocycles. The number of nitrogens with one attached hydrogen (secondary N) is 1. The molecule has 9 heteroatoms. The van der Waals surface area contributed by atoms with Crippen LogP contribution < -0.4 is 5.43 Å². The second-order valence-electron chi connectivity index (χ2n) is 6.13. The Morgan fingerprint density at radius 3 is 2.57 bits per heavy atom. The summed E-state index contributed by atoms with van der Waals surface area (Å²) in [6, 6.07) is 9.71. The van der Waals surface area contributed by atoms with Crippen molar-refractivity contribution in [3.8, 4) is 0 Å². The molecule has 0 radical (unpaired) electrons. The highest BCUT2D eigenvalue weighted by atomic mass is 35.5. The van der Waals surface area contributed by atoms with E-state index < -0.39 is 11.7 Å². The fraction of sp³-hybridized carbons (Fsp3) is 0.211. The van der Waals surface area contributed by atoms with E-state index >= 15 is 0 Å². The maximum absolute atomic E-state index is 12.6. The van der Waals surface area contributed by atoms with E-state index in [1.807, 2.05) is 42.8 Å². The largest absolute Gasteiger partial charge is 0.417 e. The van der Waals surface area contributed by atoms with Gasteiger partial charge in [0.15, 0.2) is 0 Å². The van der Waals surface area contributed by atoms with E-state index in [1.165, 1.54) is 6.07 Å². The van der Waals surface area contributed by atoms with Gasteiger partial charge in [0.1, 0.15) is 5.82 Å². The first-order valence-corrected chi connectivity index (χ1v) is 8.73. The summed E-state index contributed by atoms with van der Waals surface area (Å²) in [6.07, 6.45) is -2.09. The Kier molecular flexibility index (Phi) is 5.69. The van der Waals surface area contributed by atoms with Crippen molar-refractivity contribution in [2.24, 2.45) is 5.10 Å². The number of alkyl halides is 3. The number of aryl methyl sites for hydroxylation is 1. The lowest BCUT2D eigenvalue weighted by Crippen LogP contribution is -2.06. The van der Waals surface area contributed by atoms with Gasteiger partial charge in [0, 0.05) is 22.5 Å². The average Bonchev–Trinajstić information content (AvgIpc) is 2.91. The molecule has 3 rings (SSSR count). The summed E-state index contributed by atoms with van der Waals surface area (Å²) < 4.78 is 39.5. The predicted octanol–water partition coefficient (Wildman–Crippen LogP) is 5.06. The molecule has 0 saturated carbocycles. The summed E-state index contributed by atoms with van der Waals surface area (Å²) in [5, 5.41) is 9.24. The standard InChI is InChI=1S/C19H17ClF3N5/c1-12-16(10-25-26-18-8-7-15(9-24-18)19(21,22)23)13(2)28(27-12)11-14-5-3-4-6-17(14)20/h3-10H,11H2,1-2H3,(H,24,26)/b25-10-. The van der Waals surface area contributed by atoms with E-state index in [1.54, 1.807) is 6.21 Å². The van der Waals surface area contributed by atoms with Crippen molar-refractivity contribution in [1.29, 1.82) is 0 Å². The first kappa shape index (κ1) is 19.9. The topological polar surface area (TPSA) is 55.1 Å². The van der Waals surface area contributed by atoms with Crippen LogP contribution in [0.2, 0.25) is 5.02 Å². The van der Waals surface area contributed by atoms with E-state index in [-0.39, 0.29) is 5.82 Å². The van der Waals surface area contributed by atoms with Crippen LogP contribution in [0.4, 0.5) is 19.0 Å². The summed E-state index contributed by atoms with van der Waals surface area (Å²) in [4.78, 5) is 3.71. The zero-order valence-electron chi connectivity index (χ0n) is 15.1. The Morgan fingerprint density at radius 2 is 1.93 bits per heavy atom. The maximum atomic E-state index is 12.6. The van der Waals surface area contributed by atoms with Crippen molar-refractivity contribution < 1.29 is 13.2 Å². The molecular formula is C19H17ClF3N5. The van der Waals surface area contributed by atoms with Crippen LogP contribution >= 0.6 is 11.6 Å². The van der Waals surface area contributed by atoms with E-state index in [0.29, 0.717) is 11.6 Å². The number of rotatable bonds is 5. The molecule has 0 aliphatic rings. The highest BCUT2D eigenvalue weighted by molar-refractivity contribution is 6.31. The molecule has 2 heterocycles. The number of hydrogen-bond acceptors (Lipinski definition) is 4. The van der Waals surface area contributed by atoms with Gasteiger partial charge in [0.2, 0.25) is 0 Å². The molecule has 0 spiro atoms. The third kappa shape index (κ3) is 4.51. The van der Waals surface area contributed by atoms with Crippen molar-refractivity contribution in [3.05, 3.63) is 75.7 Å². The van der Waals surface area contributed by atoms with Gasteiger partial charge >= 0.3 is 6.18 Å². The molecule has 0 aliphatic heterocycles. The van der Waals surface area contributed by atoms with E-state index in [9.17, 15) is 13.2 Å². The average molecular weight is 408 g/mol. The molecule has 1 N–H and O–H groups in total. The van der Waals surface area contributed by atoms with Gasteiger partial charge in [-0.15, -0.1) is 0 Å². The molecule has 0 unspecified atom stereocenters. The monoisotopic (exact) mass is 407 g/mol. The number of pyridine rings is 1. The van der Waals surface area contributed by atoms with Gasteiger partial charge in [0.25, 0.3) is 0 Å². The lowest BCUT2D eigenvalue weighted by Gasteiger charge is -2.07. The summed E-state index contributed by atoms with van der Waals surface area (Å²) in [5.41, 5.74) is 5.24. The zero-order valence-corrected chi connectivity index (χ0v) is 15.9. The lowest BCUT2D eigenvalue weighted by atomic mass is 10.2. The Labute approximate surface area is 164 Å². The van der Waals surface area contributed by atoms with Crippen LogP contribution in [0.1, 0.15) is 28.1 Å². The molecule has 0 bridgehead atoms. The molecule has 0 saturated heterocycles. The first-order valence-electron chi connectivity index (χ1n) is 8.35.